The number of allylic oxidation sites excluding steroid dienone is 2. The van der Waals surface area contributed by atoms with E-state index in [1.165, 1.54) is 6.08 Å². The minimum absolute atomic E-state index is 0.209. The molecule has 1 amide bonds. The molecule has 1 unspecified atom stereocenters. The smallest absolute Gasteiger partial charge is 0.252 e. The summed E-state index contributed by atoms with van der Waals surface area (Å²) in [7, 11) is 1.58. The van der Waals surface area contributed by atoms with Gasteiger partial charge in [-0.25, -0.2) is 13.8 Å². The molecule has 0 spiro atoms. The largest absolute Gasteiger partial charge is 0.355 e. The molecule has 2 saturated heterocycles. The molecule has 3 heterocycles. The van der Waals surface area contributed by atoms with Crippen molar-refractivity contribution in [2.24, 2.45) is 0 Å². The number of anilines is 1. The van der Waals surface area contributed by atoms with Gasteiger partial charge in [-0.2, -0.15) is 0 Å². The molecule has 194 valence electrons. The van der Waals surface area contributed by atoms with E-state index in [2.05, 4.69) is 31.9 Å². The maximum absolute atomic E-state index is 14.5. The van der Waals surface area contributed by atoms with E-state index in [1.54, 1.807) is 26.2 Å². The topological polar surface area (TPSA) is 51.7 Å². The Labute approximate surface area is 213 Å². The molecule has 0 bridgehead atoms. The monoisotopic (exact) mass is 509 g/mol. The molecule has 35 heavy (non-hydrogen) atoms. The first-order valence-electron chi connectivity index (χ1n) is 12.6. The number of nitrogens with zero attached hydrogens (tertiary/aromatic N) is 4. The minimum Gasteiger partial charge on any atom is -0.355 e. The number of likely N-dealkylation sites (tertiary alicyclic amines) is 1. The van der Waals surface area contributed by atoms with Crippen LogP contribution >= 0.6 is 11.6 Å². The fourth-order valence-electron chi connectivity index (χ4n) is 5.08. The zero-order valence-corrected chi connectivity index (χ0v) is 22.0. The highest BCUT2D eigenvalue weighted by Crippen LogP contribution is 2.29. The molecule has 1 aromatic heterocycles. The SMILES string of the molecule is CCC=C(F)/C(CN1CCC(N2CCN(c3ncc(C(=O)NC)cc3Cl)CC2C)CC1)=C(/F)CC. The maximum atomic E-state index is 14.5. The van der Waals surface area contributed by atoms with Crippen molar-refractivity contribution in [3.63, 3.8) is 0 Å². The van der Waals surface area contributed by atoms with Gasteiger partial charge in [-0.1, -0.05) is 25.4 Å². The Hall–Kier alpha value is -2.03. The number of aromatic nitrogens is 1. The first-order valence-corrected chi connectivity index (χ1v) is 13.0. The van der Waals surface area contributed by atoms with E-state index in [-0.39, 0.29) is 23.7 Å². The van der Waals surface area contributed by atoms with Crippen LogP contribution < -0.4 is 10.2 Å². The summed E-state index contributed by atoms with van der Waals surface area (Å²) >= 11 is 6.46. The molecule has 1 N–H and O–H groups in total. The Morgan fingerprint density at radius 3 is 2.51 bits per heavy atom. The number of amides is 1. The summed E-state index contributed by atoms with van der Waals surface area (Å²) in [5, 5.41) is 3.07. The highest BCUT2D eigenvalue weighted by atomic mass is 35.5. The molecule has 2 fully saturated rings. The standard InChI is InChI=1S/C26H38ClF2N5O/c1-5-7-24(29)21(23(28)6-2)17-32-10-8-20(9-11-32)34-13-12-33(16-18(34)3)25-22(27)14-19(15-31-25)26(35)30-4/h7,14-15,18,20H,5-6,8-13,16-17H2,1-4H3,(H,30,35)/b23-21+,24-7?. The molecule has 0 radical (unpaired) electrons. The van der Waals surface area contributed by atoms with Crippen LogP contribution in [0.2, 0.25) is 5.02 Å². The van der Waals surface area contributed by atoms with E-state index < -0.39 is 5.83 Å². The van der Waals surface area contributed by atoms with Crippen molar-refractivity contribution in [3.05, 3.63) is 46.2 Å². The first kappa shape index (κ1) is 27.6. The van der Waals surface area contributed by atoms with Gasteiger partial charge in [-0.05, 0) is 57.8 Å². The molecule has 2 aliphatic heterocycles. The normalized spacial score (nSPS) is 21.7. The molecule has 0 aromatic carbocycles. The number of piperidine rings is 1. The molecule has 6 nitrogen and oxygen atoms in total. The number of halogens is 3. The van der Waals surface area contributed by atoms with Crippen LogP contribution in [0.3, 0.4) is 0 Å². The van der Waals surface area contributed by atoms with Crippen molar-refractivity contribution in [1.29, 1.82) is 0 Å². The van der Waals surface area contributed by atoms with Crippen LogP contribution in [-0.4, -0.2) is 79.1 Å². The van der Waals surface area contributed by atoms with Gasteiger partial charge in [0.25, 0.3) is 5.91 Å². The van der Waals surface area contributed by atoms with E-state index in [1.807, 2.05) is 6.92 Å². The Morgan fingerprint density at radius 2 is 1.94 bits per heavy atom. The molecular formula is C26H38ClF2N5O. The lowest BCUT2D eigenvalue weighted by molar-refractivity contribution is 0.0740. The first-order chi connectivity index (χ1) is 16.8. The molecule has 0 saturated carbocycles. The van der Waals surface area contributed by atoms with E-state index in [0.29, 0.717) is 41.5 Å². The summed E-state index contributed by atoms with van der Waals surface area (Å²) in [6.07, 6.45) is 5.75. The van der Waals surface area contributed by atoms with Gasteiger partial charge < -0.3 is 10.2 Å². The molecule has 0 aliphatic carbocycles. The second-order valence-corrected chi connectivity index (χ2v) is 9.75. The van der Waals surface area contributed by atoms with E-state index in [0.717, 1.165) is 45.6 Å². The third-order valence-electron chi connectivity index (χ3n) is 7.01. The summed E-state index contributed by atoms with van der Waals surface area (Å²) in [5.41, 5.74) is 0.656. The summed E-state index contributed by atoms with van der Waals surface area (Å²) in [6.45, 7) is 10.3. The van der Waals surface area contributed by atoms with Gasteiger partial charge in [0.1, 0.15) is 17.5 Å². The summed E-state index contributed by atoms with van der Waals surface area (Å²) in [5.74, 6) is -0.274. The third-order valence-corrected chi connectivity index (χ3v) is 7.28. The zero-order chi connectivity index (χ0) is 25.5. The number of hydrogen-bond acceptors (Lipinski definition) is 5. The number of piperazine rings is 1. The highest BCUT2D eigenvalue weighted by molar-refractivity contribution is 6.33. The van der Waals surface area contributed by atoms with Gasteiger partial charge in [0.2, 0.25) is 0 Å². The molecule has 1 atom stereocenters. The molecule has 1 aromatic rings. The predicted octanol–water partition coefficient (Wildman–Crippen LogP) is 4.97. The zero-order valence-electron chi connectivity index (χ0n) is 21.3. The number of nitrogens with one attached hydrogen (secondary N) is 1. The van der Waals surface area contributed by atoms with Gasteiger partial charge in [0.15, 0.2) is 0 Å². The number of hydrogen-bond donors (Lipinski definition) is 1. The quantitative estimate of drug-likeness (QED) is 0.502. The Kier molecular flexibility index (Phi) is 10.1. The van der Waals surface area contributed by atoms with Gasteiger partial charge in [0.05, 0.1) is 10.6 Å². The van der Waals surface area contributed by atoms with Crippen molar-refractivity contribution < 1.29 is 13.6 Å². The summed E-state index contributed by atoms with van der Waals surface area (Å²) in [6, 6.07) is 2.43. The van der Waals surface area contributed by atoms with E-state index in [9.17, 15) is 13.6 Å². The van der Waals surface area contributed by atoms with Crippen LogP contribution in [-0.2, 0) is 0 Å². The third kappa shape index (κ3) is 6.80. The summed E-state index contributed by atoms with van der Waals surface area (Å²) in [4.78, 5) is 23.2. The number of carbonyl (C=O) groups excluding carboxylic acids is 1. The molecule has 3 rings (SSSR count). The summed E-state index contributed by atoms with van der Waals surface area (Å²) < 4.78 is 28.8. The van der Waals surface area contributed by atoms with Gasteiger partial charge in [0, 0.05) is 57.1 Å². The number of carbonyl (C=O) groups is 1. The number of pyridine rings is 1. The van der Waals surface area contributed by atoms with Crippen LogP contribution in [0.1, 0.15) is 56.8 Å². The van der Waals surface area contributed by atoms with Gasteiger partial charge in [-0.15, -0.1) is 0 Å². The average Bonchev–Trinajstić information content (AvgIpc) is 2.86. The van der Waals surface area contributed by atoms with E-state index in [4.69, 9.17) is 11.6 Å². The lowest BCUT2D eigenvalue weighted by Crippen LogP contribution is -2.57. The minimum atomic E-state index is -0.422. The lowest BCUT2D eigenvalue weighted by atomic mass is 9.99. The van der Waals surface area contributed by atoms with Crippen molar-refractivity contribution >= 4 is 23.3 Å². The lowest BCUT2D eigenvalue weighted by Gasteiger charge is -2.47. The van der Waals surface area contributed by atoms with Crippen LogP contribution in [0.25, 0.3) is 0 Å². The number of rotatable bonds is 8. The second-order valence-electron chi connectivity index (χ2n) is 9.35. The van der Waals surface area contributed by atoms with Crippen molar-refractivity contribution in [2.75, 3.05) is 51.2 Å². The van der Waals surface area contributed by atoms with Gasteiger partial charge in [-0.3, -0.25) is 14.6 Å². The second kappa shape index (κ2) is 12.8. The van der Waals surface area contributed by atoms with Crippen molar-refractivity contribution in [2.45, 2.75) is 58.5 Å². The van der Waals surface area contributed by atoms with Crippen molar-refractivity contribution in [3.8, 4) is 0 Å². The molecular weight excluding hydrogens is 472 g/mol. The van der Waals surface area contributed by atoms with Crippen LogP contribution in [0.15, 0.2) is 35.6 Å². The van der Waals surface area contributed by atoms with Crippen LogP contribution in [0.5, 0.6) is 0 Å². The fraction of sp³-hybridized carbons (Fsp3) is 0.615. The van der Waals surface area contributed by atoms with Crippen LogP contribution in [0, 0.1) is 0 Å². The molecule has 2 aliphatic rings. The van der Waals surface area contributed by atoms with Crippen LogP contribution in [0.4, 0.5) is 14.6 Å². The average molecular weight is 510 g/mol. The maximum Gasteiger partial charge on any atom is 0.252 e. The molecule has 9 heteroatoms. The van der Waals surface area contributed by atoms with Gasteiger partial charge >= 0.3 is 0 Å². The Bertz CT molecular complexity index is 946. The Morgan fingerprint density at radius 1 is 1.23 bits per heavy atom. The fourth-order valence-corrected chi connectivity index (χ4v) is 5.36. The van der Waals surface area contributed by atoms with E-state index >= 15 is 0 Å². The van der Waals surface area contributed by atoms with Crippen molar-refractivity contribution in [1.82, 2.24) is 20.1 Å². The highest BCUT2D eigenvalue weighted by Gasteiger charge is 2.33. The predicted molar refractivity (Wildman–Crippen MR) is 138 cm³/mol. The Balaban J connectivity index is 1.57.